The number of hydrogen-bond acceptors (Lipinski definition) is 7. The highest BCUT2D eigenvalue weighted by atomic mass is 35.5. The molecule has 0 bridgehead atoms. The van der Waals surface area contributed by atoms with Crippen molar-refractivity contribution in [2.24, 2.45) is 5.92 Å². The third-order valence-electron chi connectivity index (χ3n) is 6.73. The number of aliphatic hydroxyl groups is 1. The van der Waals surface area contributed by atoms with Crippen LogP contribution in [0.5, 0.6) is 0 Å². The van der Waals surface area contributed by atoms with E-state index in [1.54, 1.807) is 44.3 Å². The van der Waals surface area contributed by atoms with Crippen LogP contribution in [0, 0.1) is 5.92 Å². The summed E-state index contributed by atoms with van der Waals surface area (Å²) in [5, 5.41) is 17.7. The minimum Gasteiger partial charge on any atom is -0.386 e. The number of aromatic nitrogens is 2. The van der Waals surface area contributed by atoms with Crippen molar-refractivity contribution in [3.63, 3.8) is 0 Å². The zero-order valence-electron chi connectivity index (χ0n) is 20.6. The minimum atomic E-state index is -3.77. The van der Waals surface area contributed by atoms with E-state index in [9.17, 15) is 18.3 Å². The lowest BCUT2D eigenvalue weighted by atomic mass is 9.98. The summed E-state index contributed by atoms with van der Waals surface area (Å²) in [6.45, 7) is 5.97. The van der Waals surface area contributed by atoms with Gasteiger partial charge in [-0.05, 0) is 63.1 Å². The van der Waals surface area contributed by atoms with Crippen molar-refractivity contribution in [3.05, 3.63) is 51.4 Å². The molecule has 10 nitrogen and oxygen atoms in total. The Bertz CT molecular complexity index is 1200. The first-order valence-electron chi connectivity index (χ1n) is 12.2. The zero-order chi connectivity index (χ0) is 25.9. The molecule has 1 atom stereocenters. The molecule has 0 aliphatic carbocycles. The van der Waals surface area contributed by atoms with Gasteiger partial charge in [0, 0.05) is 31.9 Å². The molecule has 0 saturated carbocycles. The van der Waals surface area contributed by atoms with Crippen LogP contribution in [0.15, 0.2) is 35.3 Å². The van der Waals surface area contributed by atoms with Crippen molar-refractivity contribution in [1.82, 2.24) is 14.1 Å². The van der Waals surface area contributed by atoms with Crippen molar-refractivity contribution in [2.45, 2.75) is 51.2 Å². The Morgan fingerprint density at radius 1 is 1.19 bits per heavy atom. The number of ether oxygens (including phenoxy) is 1. The molecule has 198 valence electrons. The van der Waals surface area contributed by atoms with Crippen molar-refractivity contribution < 1.29 is 18.3 Å². The topological polar surface area (TPSA) is 126 Å². The number of rotatable bonds is 8. The van der Waals surface area contributed by atoms with E-state index in [0.29, 0.717) is 48.8 Å². The SMILES string of the molecule is CC(C)(O)c1ccc(NS(=O)(=O)N2CCC(n3ncc(NCC4CCCOC4)c(Cl)c3=O)CC2)cc1. The zero-order valence-corrected chi connectivity index (χ0v) is 22.2. The number of nitrogens with one attached hydrogen (secondary N) is 2. The molecule has 0 radical (unpaired) electrons. The van der Waals surface area contributed by atoms with E-state index in [1.807, 2.05) is 0 Å². The van der Waals surface area contributed by atoms with E-state index in [4.69, 9.17) is 16.3 Å². The van der Waals surface area contributed by atoms with Crippen LogP contribution in [-0.2, 0) is 20.5 Å². The average Bonchev–Trinajstić information content (AvgIpc) is 2.85. The fraction of sp³-hybridized carbons (Fsp3) is 0.583. The van der Waals surface area contributed by atoms with Crippen LogP contribution in [0.3, 0.4) is 0 Å². The molecule has 1 unspecified atom stereocenters. The molecule has 2 saturated heterocycles. The van der Waals surface area contributed by atoms with Gasteiger partial charge in [-0.15, -0.1) is 0 Å². The maximum atomic E-state index is 12.9. The van der Waals surface area contributed by atoms with Crippen LogP contribution in [0.1, 0.15) is 51.1 Å². The fourth-order valence-electron chi connectivity index (χ4n) is 4.54. The Kier molecular flexibility index (Phi) is 8.25. The van der Waals surface area contributed by atoms with E-state index in [0.717, 1.165) is 19.4 Å². The summed E-state index contributed by atoms with van der Waals surface area (Å²) in [5.74, 6) is 0.372. The van der Waals surface area contributed by atoms with Gasteiger partial charge in [-0.1, -0.05) is 23.7 Å². The van der Waals surface area contributed by atoms with E-state index in [-0.39, 0.29) is 29.7 Å². The van der Waals surface area contributed by atoms with Gasteiger partial charge in [0.05, 0.1) is 30.1 Å². The minimum absolute atomic E-state index is 0.0907. The highest BCUT2D eigenvalue weighted by molar-refractivity contribution is 7.90. The standard InChI is InChI=1S/C24H34ClN5O5S/c1-24(2,32)18-5-7-19(8-6-18)28-36(33,34)29-11-9-20(10-12-29)30-23(31)22(25)21(15-27-30)26-14-17-4-3-13-35-16-17/h5-8,15,17,20,26,28,32H,3-4,9-14,16H2,1-2H3. The van der Waals surface area contributed by atoms with Crippen LogP contribution in [0.25, 0.3) is 0 Å². The second-order valence-electron chi connectivity index (χ2n) is 9.96. The fourth-order valence-corrected chi connectivity index (χ4v) is 5.99. The normalized spacial score (nSPS) is 20.3. The van der Waals surface area contributed by atoms with Gasteiger partial charge < -0.3 is 15.2 Å². The first kappa shape index (κ1) is 26.9. The summed E-state index contributed by atoms with van der Waals surface area (Å²) < 4.78 is 36.6. The molecule has 2 fully saturated rings. The molecule has 2 aromatic rings. The molecule has 1 aromatic heterocycles. The largest absolute Gasteiger partial charge is 0.386 e. The third-order valence-corrected chi connectivity index (χ3v) is 8.63. The van der Waals surface area contributed by atoms with Gasteiger partial charge in [0.15, 0.2) is 0 Å². The van der Waals surface area contributed by atoms with E-state index < -0.39 is 15.8 Å². The molecule has 4 rings (SSSR count). The summed E-state index contributed by atoms with van der Waals surface area (Å²) in [4.78, 5) is 12.9. The van der Waals surface area contributed by atoms with Crippen LogP contribution in [0.2, 0.25) is 5.02 Å². The quantitative estimate of drug-likeness (QED) is 0.471. The molecule has 36 heavy (non-hydrogen) atoms. The number of halogens is 1. The Morgan fingerprint density at radius 3 is 2.50 bits per heavy atom. The van der Waals surface area contributed by atoms with Crippen LogP contribution < -0.4 is 15.6 Å². The lowest BCUT2D eigenvalue weighted by Gasteiger charge is -2.31. The smallest absolute Gasteiger partial charge is 0.301 e. The molecule has 1 aromatic carbocycles. The Labute approximate surface area is 216 Å². The Hall–Kier alpha value is -2.18. The third kappa shape index (κ3) is 6.38. The molecule has 3 heterocycles. The molecule has 0 amide bonds. The first-order valence-corrected chi connectivity index (χ1v) is 14.1. The average molecular weight is 540 g/mol. The molecule has 0 spiro atoms. The van der Waals surface area contributed by atoms with E-state index in [1.165, 1.54) is 8.99 Å². The van der Waals surface area contributed by atoms with Crippen LogP contribution in [0.4, 0.5) is 11.4 Å². The lowest BCUT2D eigenvalue weighted by molar-refractivity contribution is 0.0595. The van der Waals surface area contributed by atoms with Crippen molar-refractivity contribution in [3.8, 4) is 0 Å². The predicted octanol–water partition coefficient (Wildman–Crippen LogP) is 2.96. The van der Waals surface area contributed by atoms with Gasteiger partial charge in [-0.3, -0.25) is 9.52 Å². The second kappa shape index (κ2) is 11.1. The summed E-state index contributed by atoms with van der Waals surface area (Å²) in [5.41, 5.74) is 0.216. The van der Waals surface area contributed by atoms with Gasteiger partial charge in [-0.25, -0.2) is 4.68 Å². The number of hydrogen-bond donors (Lipinski definition) is 3. The number of anilines is 2. The van der Waals surface area contributed by atoms with Gasteiger partial charge in [0.25, 0.3) is 5.56 Å². The first-order chi connectivity index (χ1) is 17.0. The molecule has 2 aliphatic rings. The molecular formula is C24H34ClN5O5S. The molecule has 2 aliphatic heterocycles. The molecular weight excluding hydrogens is 506 g/mol. The van der Waals surface area contributed by atoms with Gasteiger partial charge in [-0.2, -0.15) is 17.8 Å². The number of nitrogens with zero attached hydrogens (tertiary/aromatic N) is 3. The monoisotopic (exact) mass is 539 g/mol. The highest BCUT2D eigenvalue weighted by Gasteiger charge is 2.30. The molecule has 3 N–H and O–H groups in total. The lowest BCUT2D eigenvalue weighted by Crippen LogP contribution is -2.43. The Balaban J connectivity index is 1.35. The summed E-state index contributed by atoms with van der Waals surface area (Å²) in [6.07, 6.45) is 4.53. The van der Waals surface area contributed by atoms with E-state index >= 15 is 0 Å². The van der Waals surface area contributed by atoms with Crippen molar-refractivity contribution in [2.75, 3.05) is 42.9 Å². The number of benzene rings is 1. The highest BCUT2D eigenvalue weighted by Crippen LogP contribution is 2.26. The number of piperidine rings is 1. The predicted molar refractivity (Wildman–Crippen MR) is 140 cm³/mol. The second-order valence-corrected chi connectivity index (χ2v) is 12.0. The summed E-state index contributed by atoms with van der Waals surface area (Å²) in [6, 6.07) is 6.38. The van der Waals surface area contributed by atoms with Gasteiger partial charge in [0.2, 0.25) is 0 Å². The van der Waals surface area contributed by atoms with Gasteiger partial charge in [0.1, 0.15) is 5.02 Å². The van der Waals surface area contributed by atoms with Crippen molar-refractivity contribution >= 4 is 33.2 Å². The summed E-state index contributed by atoms with van der Waals surface area (Å²) in [7, 11) is -3.77. The van der Waals surface area contributed by atoms with Crippen molar-refractivity contribution in [1.29, 1.82) is 0 Å². The van der Waals surface area contributed by atoms with E-state index in [2.05, 4.69) is 15.1 Å². The van der Waals surface area contributed by atoms with Crippen LogP contribution >= 0.6 is 11.6 Å². The maximum Gasteiger partial charge on any atom is 0.301 e. The molecule has 12 heteroatoms. The van der Waals surface area contributed by atoms with Crippen LogP contribution in [-0.4, -0.2) is 60.5 Å². The summed E-state index contributed by atoms with van der Waals surface area (Å²) >= 11 is 6.37. The Morgan fingerprint density at radius 2 is 1.89 bits per heavy atom. The van der Waals surface area contributed by atoms with Gasteiger partial charge >= 0.3 is 10.2 Å². The maximum absolute atomic E-state index is 12.9.